The lowest BCUT2D eigenvalue weighted by atomic mass is 9.47. The second-order valence-corrected chi connectivity index (χ2v) is 10.2. The van der Waals surface area contributed by atoms with Gasteiger partial charge in [0.15, 0.2) is 0 Å². The monoisotopic (exact) mass is 349 g/mol. The first-order valence-electron chi connectivity index (χ1n) is 10.8. The molecule has 4 saturated carbocycles. The Labute approximate surface area is 151 Å². The minimum absolute atomic E-state index is 0.0739. The molecular formula is C22H33F2N. The fourth-order valence-electron chi connectivity index (χ4n) is 7.53. The van der Waals surface area contributed by atoms with E-state index in [-0.39, 0.29) is 11.8 Å². The lowest BCUT2D eigenvalue weighted by Gasteiger charge is -2.58. The maximum absolute atomic E-state index is 14.6. The maximum atomic E-state index is 14.6. The van der Waals surface area contributed by atoms with Gasteiger partial charge in [-0.15, -0.1) is 0 Å². The Kier molecular flexibility index (Phi) is 3.70. The summed E-state index contributed by atoms with van der Waals surface area (Å²) in [4.78, 5) is 0. The molecule has 5 rings (SSSR count). The van der Waals surface area contributed by atoms with Crippen LogP contribution >= 0.6 is 0 Å². The molecule has 1 N–H and O–H groups in total. The summed E-state index contributed by atoms with van der Waals surface area (Å²) in [5, 5.41) is 3.83. The maximum Gasteiger partial charge on any atom is 0.269 e. The van der Waals surface area contributed by atoms with Crippen molar-refractivity contribution in [1.29, 1.82) is 0 Å². The van der Waals surface area contributed by atoms with E-state index >= 15 is 0 Å². The van der Waals surface area contributed by atoms with Crippen LogP contribution in [0.15, 0.2) is 11.6 Å². The van der Waals surface area contributed by atoms with Crippen LogP contribution in [0.5, 0.6) is 0 Å². The molecule has 0 saturated heterocycles. The highest BCUT2D eigenvalue weighted by Crippen LogP contribution is 2.66. The molecule has 5 atom stereocenters. The van der Waals surface area contributed by atoms with Crippen LogP contribution in [0.4, 0.5) is 8.78 Å². The van der Waals surface area contributed by atoms with Crippen molar-refractivity contribution < 1.29 is 8.78 Å². The Balaban J connectivity index is 1.44. The van der Waals surface area contributed by atoms with Crippen LogP contribution in [0.2, 0.25) is 0 Å². The van der Waals surface area contributed by atoms with Crippen molar-refractivity contribution in [3.8, 4) is 0 Å². The zero-order valence-corrected chi connectivity index (χ0v) is 15.6. The molecule has 5 aliphatic rings. The third-order valence-electron chi connectivity index (χ3n) is 8.89. The number of hydrogen-bond acceptors (Lipinski definition) is 1. The van der Waals surface area contributed by atoms with Gasteiger partial charge in [-0.3, -0.25) is 0 Å². The lowest BCUT2D eigenvalue weighted by molar-refractivity contribution is -0.0808. The highest BCUT2D eigenvalue weighted by Gasteiger charge is 2.60. The van der Waals surface area contributed by atoms with Crippen molar-refractivity contribution in [3.63, 3.8) is 0 Å². The van der Waals surface area contributed by atoms with E-state index in [0.717, 1.165) is 24.8 Å². The molecule has 3 heteroatoms. The average Bonchev–Trinajstić information content (AvgIpc) is 3.29. The van der Waals surface area contributed by atoms with Gasteiger partial charge in [0.25, 0.3) is 5.92 Å². The van der Waals surface area contributed by atoms with Crippen molar-refractivity contribution >= 4 is 0 Å². The molecule has 0 aromatic heterocycles. The number of rotatable bonds is 3. The van der Waals surface area contributed by atoms with Gasteiger partial charge in [-0.25, -0.2) is 8.78 Å². The van der Waals surface area contributed by atoms with Crippen molar-refractivity contribution in [2.24, 2.45) is 28.6 Å². The number of alkyl halides is 2. The summed E-state index contributed by atoms with van der Waals surface area (Å²) in [5.41, 5.74) is 0.764. The number of allylic oxidation sites excluding steroid dienone is 2. The minimum Gasteiger partial charge on any atom is -0.313 e. The van der Waals surface area contributed by atoms with Crippen LogP contribution in [0.1, 0.15) is 77.6 Å². The summed E-state index contributed by atoms with van der Waals surface area (Å²) in [6.45, 7) is 3.38. The van der Waals surface area contributed by atoms with Gasteiger partial charge in [-0.2, -0.15) is 0 Å². The highest BCUT2D eigenvalue weighted by atomic mass is 19.3. The molecule has 0 spiro atoms. The topological polar surface area (TPSA) is 12.0 Å². The number of nitrogens with one attached hydrogen (secondary N) is 1. The molecular weight excluding hydrogens is 316 g/mol. The molecule has 0 unspecified atom stereocenters. The van der Waals surface area contributed by atoms with Crippen molar-refractivity contribution in [2.75, 3.05) is 6.54 Å². The van der Waals surface area contributed by atoms with Gasteiger partial charge >= 0.3 is 0 Å². The van der Waals surface area contributed by atoms with Gasteiger partial charge < -0.3 is 5.32 Å². The Morgan fingerprint density at radius 1 is 1.00 bits per heavy atom. The Bertz CT molecular complexity index is 581. The second kappa shape index (κ2) is 5.53. The van der Waals surface area contributed by atoms with E-state index in [1.54, 1.807) is 0 Å². The summed E-state index contributed by atoms with van der Waals surface area (Å²) >= 11 is 0. The molecule has 0 bridgehead atoms. The predicted octanol–water partition coefficient (Wildman–Crippen LogP) is 5.71. The summed E-state index contributed by atoms with van der Waals surface area (Å²) in [6.07, 6.45) is 13.9. The first-order valence-corrected chi connectivity index (χ1v) is 10.8. The predicted molar refractivity (Wildman–Crippen MR) is 96.6 cm³/mol. The third-order valence-corrected chi connectivity index (χ3v) is 8.89. The van der Waals surface area contributed by atoms with Crippen molar-refractivity contribution in [2.45, 2.75) is 89.5 Å². The van der Waals surface area contributed by atoms with Crippen LogP contribution in [-0.2, 0) is 0 Å². The van der Waals surface area contributed by atoms with Crippen LogP contribution < -0.4 is 5.32 Å². The molecule has 0 aromatic rings. The Hall–Kier alpha value is -0.440. The number of fused-ring (bicyclic) bond motifs is 5. The van der Waals surface area contributed by atoms with Gasteiger partial charge in [0.05, 0.1) is 0 Å². The molecule has 5 aliphatic carbocycles. The zero-order chi connectivity index (χ0) is 17.3. The molecule has 0 radical (unpaired) electrons. The summed E-state index contributed by atoms with van der Waals surface area (Å²) in [6, 6.07) is 0.778. The minimum atomic E-state index is -2.55. The Morgan fingerprint density at radius 2 is 1.84 bits per heavy atom. The van der Waals surface area contributed by atoms with Crippen LogP contribution in [0, 0.1) is 28.6 Å². The molecule has 0 heterocycles. The third kappa shape index (κ3) is 2.47. The molecule has 0 aromatic carbocycles. The molecule has 1 nitrogen and oxygen atoms in total. The van der Waals surface area contributed by atoms with Crippen LogP contribution in [0.25, 0.3) is 0 Å². The average molecular weight is 350 g/mol. The van der Waals surface area contributed by atoms with E-state index in [2.05, 4.69) is 12.2 Å². The molecule has 0 amide bonds. The normalized spacial score (nSPS) is 48.3. The SMILES string of the molecule is C[C@]12CCCC(F)(F)C1=CC[C@H]1[C@@H]3CCC[C@@]3(CNC3CC3)CC[C@@H]12. The van der Waals surface area contributed by atoms with Gasteiger partial charge in [-0.05, 0) is 86.4 Å². The van der Waals surface area contributed by atoms with Gasteiger partial charge in [-0.1, -0.05) is 19.4 Å². The molecule has 4 fully saturated rings. The number of halogens is 2. The van der Waals surface area contributed by atoms with E-state index in [1.807, 2.05) is 6.08 Å². The summed E-state index contributed by atoms with van der Waals surface area (Å²) < 4.78 is 29.3. The quantitative estimate of drug-likeness (QED) is 0.644. The van der Waals surface area contributed by atoms with E-state index in [4.69, 9.17) is 0 Å². The molecule has 25 heavy (non-hydrogen) atoms. The van der Waals surface area contributed by atoms with E-state index in [1.165, 1.54) is 51.5 Å². The lowest BCUT2D eigenvalue weighted by Crippen LogP contribution is -2.54. The summed E-state index contributed by atoms with van der Waals surface area (Å²) in [7, 11) is 0. The fraction of sp³-hybridized carbons (Fsp3) is 0.909. The zero-order valence-electron chi connectivity index (χ0n) is 15.6. The van der Waals surface area contributed by atoms with E-state index in [9.17, 15) is 8.78 Å². The molecule has 0 aliphatic heterocycles. The smallest absolute Gasteiger partial charge is 0.269 e. The van der Waals surface area contributed by atoms with E-state index < -0.39 is 5.92 Å². The fourth-order valence-corrected chi connectivity index (χ4v) is 7.53. The van der Waals surface area contributed by atoms with Crippen molar-refractivity contribution in [1.82, 2.24) is 5.32 Å². The van der Waals surface area contributed by atoms with Gasteiger partial charge in [0.2, 0.25) is 0 Å². The van der Waals surface area contributed by atoms with Crippen LogP contribution in [0.3, 0.4) is 0 Å². The summed E-state index contributed by atoms with van der Waals surface area (Å²) in [5.74, 6) is -0.631. The standard InChI is InChI=1S/C22H33F2N/c1-20-10-3-12-22(23,24)19(20)8-7-16-17(20)9-13-21(11-2-4-18(16)21)14-25-15-5-6-15/h8,15-18,25H,2-7,9-14H2,1H3/t16-,17+,18+,20-,21+/m1/s1. The first kappa shape index (κ1) is 16.7. The highest BCUT2D eigenvalue weighted by molar-refractivity contribution is 5.30. The second-order valence-electron chi connectivity index (χ2n) is 10.2. The van der Waals surface area contributed by atoms with Crippen molar-refractivity contribution in [3.05, 3.63) is 11.6 Å². The molecule has 140 valence electrons. The van der Waals surface area contributed by atoms with Gasteiger partial charge in [0.1, 0.15) is 0 Å². The van der Waals surface area contributed by atoms with Crippen LogP contribution in [-0.4, -0.2) is 18.5 Å². The van der Waals surface area contributed by atoms with Gasteiger partial charge in [0, 0.05) is 24.6 Å². The van der Waals surface area contributed by atoms with E-state index in [0.29, 0.717) is 29.2 Å². The Morgan fingerprint density at radius 3 is 2.64 bits per heavy atom. The largest absolute Gasteiger partial charge is 0.313 e. The first-order chi connectivity index (χ1) is 11.9. The number of hydrogen-bond donors (Lipinski definition) is 1.